The average molecular weight is 412 g/mol. The molecule has 0 bridgehead atoms. The molecule has 0 radical (unpaired) electrons. The molecule has 1 fully saturated rings. The van der Waals surface area contributed by atoms with Gasteiger partial charge in [-0.15, -0.1) is 0 Å². The van der Waals surface area contributed by atoms with E-state index in [4.69, 9.17) is 14.2 Å². The van der Waals surface area contributed by atoms with Crippen LogP contribution in [-0.2, 0) is 22.3 Å². The lowest BCUT2D eigenvalue weighted by atomic mass is 9.97. The molecule has 7 nitrogen and oxygen atoms in total. The first-order chi connectivity index (χ1) is 12.8. The minimum absolute atomic E-state index is 0.0854. The first kappa shape index (κ1) is 22.8. The van der Waals surface area contributed by atoms with Crippen molar-refractivity contribution in [3.05, 3.63) is 33.4 Å². The minimum atomic E-state index is -2.39. The van der Waals surface area contributed by atoms with Crippen LogP contribution in [0.1, 0.15) is 45.2 Å². The van der Waals surface area contributed by atoms with Crippen LogP contribution in [0.15, 0.2) is 12.1 Å². The van der Waals surface area contributed by atoms with Crippen LogP contribution in [0, 0.1) is 10.1 Å². The summed E-state index contributed by atoms with van der Waals surface area (Å²) in [5.74, 6) is -0.0247. The maximum Gasteiger partial charge on any atom is 0.273 e. The second kappa shape index (κ2) is 8.10. The summed E-state index contributed by atoms with van der Waals surface area (Å²) in [5, 5.41) is 11.4. The van der Waals surface area contributed by atoms with Crippen LogP contribution >= 0.6 is 0 Å². The van der Waals surface area contributed by atoms with E-state index in [0.29, 0.717) is 37.2 Å². The molecule has 158 valence electrons. The van der Waals surface area contributed by atoms with E-state index in [1.807, 2.05) is 40.8 Å². The van der Waals surface area contributed by atoms with E-state index < -0.39 is 14.1 Å². The zero-order valence-electron chi connectivity index (χ0n) is 18.0. The van der Waals surface area contributed by atoms with Gasteiger partial charge in [-0.1, -0.05) is 13.8 Å². The highest BCUT2D eigenvalue weighted by Gasteiger charge is 2.38. The van der Waals surface area contributed by atoms with E-state index in [1.54, 1.807) is 19.2 Å². The summed E-state index contributed by atoms with van der Waals surface area (Å²) in [6, 6.07) is 3.35. The van der Waals surface area contributed by atoms with Crippen molar-refractivity contribution in [2.45, 2.75) is 77.0 Å². The third kappa shape index (κ3) is 5.31. The molecule has 1 aromatic rings. The van der Waals surface area contributed by atoms with Crippen LogP contribution in [-0.4, -0.2) is 43.6 Å². The standard InChI is InChI=1S/C20H33NO6Si/c1-19(2,28(6,7)24)9-8-14-12-18(25-5)15(11-17(14)21(22)23)10-16-13-26-20(3,4)27-16/h11-12,16,24H,8-10,13H2,1-7H3. The minimum Gasteiger partial charge on any atom is -0.496 e. The molecule has 0 spiro atoms. The zero-order valence-corrected chi connectivity index (χ0v) is 19.0. The maximum atomic E-state index is 11.7. The van der Waals surface area contributed by atoms with Gasteiger partial charge in [0.15, 0.2) is 14.1 Å². The Hall–Kier alpha value is -1.48. The lowest BCUT2D eigenvalue weighted by molar-refractivity contribution is -0.385. The molecule has 1 saturated heterocycles. The molecule has 1 heterocycles. The van der Waals surface area contributed by atoms with Crippen LogP contribution in [0.3, 0.4) is 0 Å². The van der Waals surface area contributed by atoms with Crippen LogP contribution in [0.25, 0.3) is 0 Å². The molecule has 1 atom stereocenters. The van der Waals surface area contributed by atoms with Crippen LogP contribution in [0.5, 0.6) is 5.75 Å². The van der Waals surface area contributed by atoms with Crippen molar-refractivity contribution in [1.82, 2.24) is 0 Å². The number of methoxy groups -OCH3 is 1. The summed E-state index contributed by atoms with van der Waals surface area (Å²) < 4.78 is 17.0. The molecule has 0 aliphatic carbocycles. The van der Waals surface area contributed by atoms with Crippen molar-refractivity contribution < 1.29 is 23.9 Å². The molecule has 1 aliphatic rings. The van der Waals surface area contributed by atoms with Gasteiger partial charge in [0.05, 0.1) is 24.7 Å². The topological polar surface area (TPSA) is 91.1 Å². The van der Waals surface area contributed by atoms with Gasteiger partial charge in [0, 0.05) is 23.6 Å². The van der Waals surface area contributed by atoms with Crippen LogP contribution in [0.4, 0.5) is 5.69 Å². The fraction of sp³-hybridized carbons (Fsp3) is 0.700. The normalized spacial score (nSPS) is 19.6. The van der Waals surface area contributed by atoms with Crippen molar-refractivity contribution in [3.63, 3.8) is 0 Å². The Morgan fingerprint density at radius 3 is 2.46 bits per heavy atom. The Morgan fingerprint density at radius 1 is 1.36 bits per heavy atom. The lowest BCUT2D eigenvalue weighted by Crippen LogP contribution is -2.39. The first-order valence-electron chi connectivity index (χ1n) is 9.64. The van der Waals surface area contributed by atoms with Gasteiger partial charge in [0.2, 0.25) is 0 Å². The number of nitro benzene ring substituents is 1. The summed E-state index contributed by atoms with van der Waals surface area (Å²) in [6.07, 6.45) is 1.48. The molecular formula is C20H33NO6Si. The summed E-state index contributed by atoms with van der Waals surface area (Å²) in [7, 11) is -0.819. The molecule has 2 rings (SSSR count). The summed E-state index contributed by atoms with van der Waals surface area (Å²) in [5.41, 5.74) is 1.45. The number of aryl methyl sites for hydroxylation is 1. The Labute approximate surface area is 168 Å². The molecule has 1 aliphatic heterocycles. The predicted octanol–water partition coefficient (Wildman–Crippen LogP) is 4.21. The highest BCUT2D eigenvalue weighted by atomic mass is 28.4. The van der Waals surface area contributed by atoms with E-state index in [0.717, 1.165) is 5.56 Å². The van der Waals surface area contributed by atoms with Gasteiger partial charge >= 0.3 is 0 Å². The third-order valence-corrected chi connectivity index (χ3v) is 9.43. The summed E-state index contributed by atoms with van der Waals surface area (Å²) in [4.78, 5) is 21.9. The van der Waals surface area contributed by atoms with Crippen molar-refractivity contribution >= 4 is 14.0 Å². The predicted molar refractivity (Wildman–Crippen MR) is 110 cm³/mol. The molecule has 1 N–H and O–H groups in total. The molecular weight excluding hydrogens is 378 g/mol. The fourth-order valence-corrected chi connectivity index (χ4v) is 3.97. The lowest BCUT2D eigenvalue weighted by Gasteiger charge is -2.35. The van der Waals surface area contributed by atoms with E-state index >= 15 is 0 Å². The van der Waals surface area contributed by atoms with Crippen molar-refractivity contribution in [2.75, 3.05) is 13.7 Å². The number of nitrogens with zero attached hydrogens (tertiary/aromatic N) is 1. The molecule has 28 heavy (non-hydrogen) atoms. The molecule has 1 aromatic carbocycles. The number of hydrogen-bond acceptors (Lipinski definition) is 6. The monoisotopic (exact) mass is 411 g/mol. The zero-order chi connectivity index (χ0) is 21.3. The number of hydrogen-bond donors (Lipinski definition) is 1. The van der Waals surface area contributed by atoms with E-state index in [-0.39, 0.29) is 21.8 Å². The van der Waals surface area contributed by atoms with E-state index in [2.05, 4.69) is 0 Å². The van der Waals surface area contributed by atoms with Gasteiger partial charge in [-0.05, 0) is 50.9 Å². The highest BCUT2D eigenvalue weighted by Crippen LogP contribution is 2.41. The second-order valence-corrected chi connectivity index (χ2v) is 13.6. The van der Waals surface area contributed by atoms with Crippen molar-refractivity contribution in [2.24, 2.45) is 0 Å². The van der Waals surface area contributed by atoms with Gasteiger partial charge in [0.1, 0.15) is 5.75 Å². The summed E-state index contributed by atoms with van der Waals surface area (Å²) in [6.45, 7) is 12.0. The van der Waals surface area contributed by atoms with Gasteiger partial charge in [-0.25, -0.2) is 0 Å². The van der Waals surface area contributed by atoms with Gasteiger partial charge < -0.3 is 19.0 Å². The Balaban J connectivity index is 2.29. The molecule has 0 aromatic heterocycles. The molecule has 8 heteroatoms. The molecule has 0 saturated carbocycles. The fourth-order valence-electron chi connectivity index (χ4n) is 3.24. The van der Waals surface area contributed by atoms with Crippen molar-refractivity contribution in [3.8, 4) is 5.75 Å². The smallest absolute Gasteiger partial charge is 0.273 e. The SMILES string of the molecule is COc1cc(CCC(C)(C)[Si](C)(C)O)c([N+](=O)[O-])cc1CC1COC(C)(C)O1. The van der Waals surface area contributed by atoms with Crippen LogP contribution < -0.4 is 4.74 Å². The van der Waals surface area contributed by atoms with Gasteiger partial charge in [-0.2, -0.15) is 0 Å². The Morgan fingerprint density at radius 2 is 2.00 bits per heavy atom. The van der Waals surface area contributed by atoms with Crippen molar-refractivity contribution in [1.29, 1.82) is 0 Å². The van der Waals surface area contributed by atoms with E-state index in [1.165, 1.54) is 0 Å². The average Bonchev–Trinajstić information content (AvgIpc) is 2.90. The maximum absolute atomic E-state index is 11.7. The first-order valence-corrected chi connectivity index (χ1v) is 12.6. The Kier molecular flexibility index (Phi) is 6.60. The highest BCUT2D eigenvalue weighted by molar-refractivity contribution is 6.72. The van der Waals surface area contributed by atoms with E-state index in [9.17, 15) is 14.9 Å². The Bertz CT molecular complexity index is 726. The second-order valence-electron chi connectivity index (χ2n) is 9.15. The number of nitro groups is 1. The number of ether oxygens (including phenoxy) is 3. The molecule has 1 unspecified atom stereocenters. The largest absolute Gasteiger partial charge is 0.496 e. The number of benzene rings is 1. The van der Waals surface area contributed by atoms with Gasteiger partial charge in [0.25, 0.3) is 5.69 Å². The van der Waals surface area contributed by atoms with Crippen LogP contribution in [0.2, 0.25) is 18.1 Å². The summed E-state index contributed by atoms with van der Waals surface area (Å²) >= 11 is 0. The third-order valence-electron chi connectivity index (χ3n) is 5.87. The quantitative estimate of drug-likeness (QED) is 0.391. The number of rotatable bonds is 8. The molecule has 0 amide bonds. The van der Waals surface area contributed by atoms with Gasteiger partial charge in [-0.3, -0.25) is 10.1 Å².